The zero-order valence-corrected chi connectivity index (χ0v) is 13.4. The van der Waals surface area contributed by atoms with Crippen molar-refractivity contribution < 1.29 is 9.53 Å². The van der Waals surface area contributed by atoms with Gasteiger partial charge in [-0.05, 0) is 66.2 Å². The van der Waals surface area contributed by atoms with Crippen molar-refractivity contribution in [3.63, 3.8) is 0 Å². The predicted molar refractivity (Wildman–Crippen MR) is 83.6 cm³/mol. The lowest BCUT2D eigenvalue weighted by Gasteiger charge is -2.30. The molecule has 1 aliphatic heterocycles. The van der Waals surface area contributed by atoms with Gasteiger partial charge in [0.1, 0.15) is 5.75 Å². The van der Waals surface area contributed by atoms with E-state index >= 15 is 0 Å². The number of amides is 1. The van der Waals surface area contributed by atoms with Crippen molar-refractivity contribution in [1.82, 2.24) is 10.6 Å². The first kappa shape index (κ1) is 14.6. The van der Waals surface area contributed by atoms with Gasteiger partial charge in [-0.1, -0.05) is 6.92 Å². The molecule has 104 valence electrons. The van der Waals surface area contributed by atoms with Crippen LogP contribution in [-0.2, 0) is 0 Å². The van der Waals surface area contributed by atoms with E-state index in [0.29, 0.717) is 11.5 Å². The van der Waals surface area contributed by atoms with E-state index in [4.69, 9.17) is 4.74 Å². The maximum absolute atomic E-state index is 12.3. The highest BCUT2D eigenvalue weighted by atomic mass is 127. The molecule has 2 unspecified atom stereocenters. The molecule has 0 spiro atoms. The molecule has 19 heavy (non-hydrogen) atoms. The number of carbonyl (C=O) groups excluding carboxylic acids is 1. The van der Waals surface area contributed by atoms with Crippen LogP contribution in [0.5, 0.6) is 5.75 Å². The zero-order chi connectivity index (χ0) is 13.8. The first-order valence-electron chi connectivity index (χ1n) is 6.47. The summed E-state index contributed by atoms with van der Waals surface area (Å²) in [4.78, 5) is 12.3. The summed E-state index contributed by atoms with van der Waals surface area (Å²) in [6, 6.07) is 5.78. The number of hydrogen-bond donors (Lipinski definition) is 2. The number of methoxy groups -OCH3 is 1. The predicted octanol–water partition coefficient (Wildman–Crippen LogP) is 2.03. The molecular weight excluding hydrogens is 355 g/mol. The Morgan fingerprint density at radius 3 is 2.95 bits per heavy atom. The third kappa shape index (κ3) is 3.60. The molecule has 4 nitrogen and oxygen atoms in total. The van der Waals surface area contributed by atoms with Gasteiger partial charge >= 0.3 is 0 Å². The molecule has 1 aromatic carbocycles. The van der Waals surface area contributed by atoms with Crippen molar-refractivity contribution in [2.24, 2.45) is 5.92 Å². The molecule has 2 atom stereocenters. The Morgan fingerprint density at radius 2 is 2.32 bits per heavy atom. The molecular formula is C14H19IN2O2. The number of nitrogens with one attached hydrogen (secondary N) is 2. The third-order valence-electron chi connectivity index (χ3n) is 3.52. The van der Waals surface area contributed by atoms with Gasteiger partial charge in [0.15, 0.2) is 0 Å². The summed E-state index contributed by atoms with van der Waals surface area (Å²) in [5.74, 6) is 1.25. The van der Waals surface area contributed by atoms with Gasteiger partial charge in [-0.15, -0.1) is 0 Å². The first-order valence-corrected chi connectivity index (χ1v) is 7.55. The van der Waals surface area contributed by atoms with Crippen molar-refractivity contribution in [2.45, 2.75) is 19.4 Å². The molecule has 2 rings (SSSR count). The van der Waals surface area contributed by atoms with Crippen LogP contribution < -0.4 is 15.4 Å². The number of hydrogen-bond acceptors (Lipinski definition) is 3. The van der Waals surface area contributed by atoms with Gasteiger partial charge in [0.25, 0.3) is 5.91 Å². The van der Waals surface area contributed by atoms with Crippen LogP contribution in [0.4, 0.5) is 0 Å². The minimum Gasteiger partial charge on any atom is -0.497 e. The highest BCUT2D eigenvalue weighted by molar-refractivity contribution is 14.1. The Balaban J connectivity index is 2.07. The normalized spacial score (nSPS) is 22.9. The summed E-state index contributed by atoms with van der Waals surface area (Å²) < 4.78 is 6.06. The first-order chi connectivity index (χ1) is 9.11. The number of piperidine rings is 1. The second-order valence-electron chi connectivity index (χ2n) is 4.90. The molecule has 1 heterocycles. The maximum atomic E-state index is 12.3. The van der Waals surface area contributed by atoms with E-state index in [2.05, 4.69) is 40.1 Å². The van der Waals surface area contributed by atoms with Crippen molar-refractivity contribution in [1.29, 1.82) is 0 Å². The van der Waals surface area contributed by atoms with E-state index in [-0.39, 0.29) is 11.9 Å². The maximum Gasteiger partial charge on any atom is 0.252 e. The number of halogens is 1. The lowest BCUT2D eigenvalue weighted by Crippen LogP contribution is -2.48. The van der Waals surface area contributed by atoms with Gasteiger partial charge in [0, 0.05) is 9.61 Å². The topological polar surface area (TPSA) is 50.4 Å². The van der Waals surface area contributed by atoms with Crippen LogP contribution in [0.15, 0.2) is 18.2 Å². The Labute approximate surface area is 127 Å². The molecule has 0 radical (unpaired) electrons. The highest BCUT2D eigenvalue weighted by Crippen LogP contribution is 2.20. The average Bonchev–Trinajstić information content (AvgIpc) is 2.41. The molecule has 0 saturated carbocycles. The minimum absolute atomic E-state index is 0.00537. The van der Waals surface area contributed by atoms with Gasteiger partial charge in [-0.25, -0.2) is 0 Å². The third-order valence-corrected chi connectivity index (χ3v) is 4.42. The van der Waals surface area contributed by atoms with Crippen LogP contribution >= 0.6 is 22.6 Å². The SMILES string of the molecule is COc1ccc(C(=O)NC2CCNCC2C)c(I)c1. The molecule has 0 bridgehead atoms. The summed E-state index contributed by atoms with van der Waals surface area (Å²) >= 11 is 2.17. The van der Waals surface area contributed by atoms with E-state index in [1.54, 1.807) is 7.11 Å². The summed E-state index contributed by atoms with van der Waals surface area (Å²) in [6.45, 7) is 4.09. The van der Waals surface area contributed by atoms with Crippen LogP contribution in [0.1, 0.15) is 23.7 Å². The summed E-state index contributed by atoms with van der Waals surface area (Å²) in [6.07, 6.45) is 0.986. The molecule has 5 heteroatoms. The highest BCUT2D eigenvalue weighted by Gasteiger charge is 2.23. The zero-order valence-electron chi connectivity index (χ0n) is 11.2. The van der Waals surface area contributed by atoms with Gasteiger partial charge in [0.2, 0.25) is 0 Å². The van der Waals surface area contributed by atoms with E-state index in [1.165, 1.54) is 0 Å². The molecule has 1 fully saturated rings. The number of ether oxygens (including phenoxy) is 1. The molecule has 1 aromatic rings. The lowest BCUT2D eigenvalue weighted by molar-refractivity contribution is 0.0913. The lowest BCUT2D eigenvalue weighted by atomic mass is 9.95. The van der Waals surface area contributed by atoms with Crippen molar-refractivity contribution in [3.05, 3.63) is 27.3 Å². The molecule has 1 aliphatic rings. The summed E-state index contributed by atoms with van der Waals surface area (Å²) in [5, 5.41) is 6.47. The fraction of sp³-hybridized carbons (Fsp3) is 0.500. The number of benzene rings is 1. The molecule has 1 amide bonds. The van der Waals surface area contributed by atoms with E-state index < -0.39 is 0 Å². The van der Waals surface area contributed by atoms with Gasteiger partial charge in [0.05, 0.1) is 12.7 Å². The smallest absolute Gasteiger partial charge is 0.252 e. The van der Waals surface area contributed by atoms with E-state index in [1.807, 2.05) is 18.2 Å². The number of carbonyl (C=O) groups is 1. The van der Waals surface area contributed by atoms with Gasteiger partial charge < -0.3 is 15.4 Å². The molecule has 1 saturated heterocycles. The number of rotatable bonds is 3. The Morgan fingerprint density at radius 1 is 1.53 bits per heavy atom. The van der Waals surface area contributed by atoms with Gasteiger partial charge in [-0.2, -0.15) is 0 Å². The quantitative estimate of drug-likeness (QED) is 0.797. The Bertz CT molecular complexity index is 465. The molecule has 0 aliphatic carbocycles. The van der Waals surface area contributed by atoms with E-state index in [0.717, 1.165) is 28.8 Å². The second-order valence-corrected chi connectivity index (χ2v) is 6.06. The summed E-state index contributed by atoms with van der Waals surface area (Å²) in [7, 11) is 1.63. The van der Waals surface area contributed by atoms with Crippen LogP contribution in [0.25, 0.3) is 0 Å². The van der Waals surface area contributed by atoms with Gasteiger partial charge in [-0.3, -0.25) is 4.79 Å². The monoisotopic (exact) mass is 374 g/mol. The Hall–Kier alpha value is -0.820. The van der Waals surface area contributed by atoms with Crippen LogP contribution in [0.2, 0.25) is 0 Å². The fourth-order valence-corrected chi connectivity index (χ4v) is 3.01. The van der Waals surface area contributed by atoms with E-state index in [9.17, 15) is 4.79 Å². The average molecular weight is 374 g/mol. The fourth-order valence-electron chi connectivity index (χ4n) is 2.28. The van der Waals surface area contributed by atoms with Crippen LogP contribution in [0, 0.1) is 9.49 Å². The molecule has 0 aromatic heterocycles. The van der Waals surface area contributed by atoms with Crippen LogP contribution in [-0.4, -0.2) is 32.1 Å². The van der Waals surface area contributed by atoms with Crippen molar-refractivity contribution in [2.75, 3.05) is 20.2 Å². The van der Waals surface area contributed by atoms with Crippen LogP contribution in [0.3, 0.4) is 0 Å². The standard InChI is InChI=1S/C14H19IN2O2/c1-9-8-16-6-5-13(9)17-14(18)11-4-3-10(19-2)7-12(11)15/h3-4,7,9,13,16H,5-6,8H2,1-2H3,(H,17,18). The largest absolute Gasteiger partial charge is 0.497 e. The second kappa shape index (κ2) is 6.56. The summed E-state index contributed by atoms with van der Waals surface area (Å²) in [5.41, 5.74) is 0.715. The van der Waals surface area contributed by atoms with Crippen molar-refractivity contribution >= 4 is 28.5 Å². The van der Waals surface area contributed by atoms with Crippen molar-refractivity contribution in [3.8, 4) is 5.75 Å². The minimum atomic E-state index is 0.00537. The molecule has 2 N–H and O–H groups in total. The Kier molecular flexibility index (Phi) is 5.04.